The summed E-state index contributed by atoms with van der Waals surface area (Å²) in [6.07, 6.45) is -0.210. The lowest BCUT2D eigenvalue weighted by atomic mass is 10.3. The van der Waals surface area contributed by atoms with Gasteiger partial charge in [0.1, 0.15) is 18.2 Å². The molecule has 16 heavy (non-hydrogen) atoms. The molecule has 0 radical (unpaired) electrons. The van der Waals surface area contributed by atoms with Gasteiger partial charge in [-0.3, -0.25) is 4.79 Å². The van der Waals surface area contributed by atoms with Crippen LogP contribution in [0.25, 0.3) is 0 Å². The zero-order valence-corrected chi connectivity index (χ0v) is 9.09. The molecule has 0 atom stereocenters. The lowest BCUT2D eigenvalue weighted by Gasteiger charge is -2.09. The highest BCUT2D eigenvalue weighted by Gasteiger charge is 2.06. The molecule has 0 spiro atoms. The van der Waals surface area contributed by atoms with Gasteiger partial charge in [0.2, 0.25) is 0 Å². The lowest BCUT2D eigenvalue weighted by Crippen LogP contribution is -2.20. The van der Waals surface area contributed by atoms with Crippen LogP contribution in [-0.4, -0.2) is 18.6 Å². The van der Waals surface area contributed by atoms with E-state index >= 15 is 0 Å². The van der Waals surface area contributed by atoms with E-state index in [0.29, 0.717) is 0 Å². The summed E-state index contributed by atoms with van der Waals surface area (Å²) in [6, 6.07) is 2.97. The van der Waals surface area contributed by atoms with Crippen molar-refractivity contribution in [1.82, 2.24) is 0 Å². The van der Waals surface area contributed by atoms with Crippen molar-refractivity contribution in [3.8, 4) is 0 Å². The summed E-state index contributed by atoms with van der Waals surface area (Å²) in [6.45, 7) is 3.32. The largest absolute Gasteiger partial charge is 0.462 e. The van der Waals surface area contributed by atoms with E-state index in [0.717, 1.165) is 18.2 Å². The highest BCUT2D eigenvalue weighted by atomic mass is 19.1. The quantitative estimate of drug-likeness (QED) is 0.805. The molecule has 0 aliphatic carbocycles. The molecule has 0 amide bonds. The zero-order valence-electron chi connectivity index (χ0n) is 9.09. The number of rotatable bonds is 4. The van der Waals surface area contributed by atoms with E-state index in [1.807, 2.05) is 0 Å². The highest BCUT2D eigenvalue weighted by molar-refractivity contribution is 5.75. The minimum absolute atomic E-state index is 0.124. The Labute approximate surface area is 92.4 Å². The molecule has 1 N–H and O–H groups in total. The number of ether oxygens (including phenoxy) is 1. The molecule has 0 saturated heterocycles. The van der Waals surface area contributed by atoms with Crippen molar-refractivity contribution in [1.29, 1.82) is 0 Å². The van der Waals surface area contributed by atoms with Crippen molar-refractivity contribution in [3.63, 3.8) is 0 Å². The van der Waals surface area contributed by atoms with Crippen LogP contribution in [0, 0.1) is 11.6 Å². The van der Waals surface area contributed by atoms with Crippen molar-refractivity contribution >= 4 is 11.7 Å². The normalized spacial score (nSPS) is 10.3. The Kier molecular flexibility index (Phi) is 4.22. The van der Waals surface area contributed by atoms with Crippen LogP contribution >= 0.6 is 0 Å². The monoisotopic (exact) mass is 229 g/mol. The van der Waals surface area contributed by atoms with Gasteiger partial charge in [0.15, 0.2) is 0 Å². The molecule has 88 valence electrons. The van der Waals surface area contributed by atoms with Crippen LogP contribution in [-0.2, 0) is 9.53 Å². The maximum atomic E-state index is 12.8. The summed E-state index contributed by atoms with van der Waals surface area (Å²) in [5.74, 6) is -1.86. The van der Waals surface area contributed by atoms with Crippen LogP contribution in [0.1, 0.15) is 13.8 Å². The molecule has 0 aliphatic rings. The maximum absolute atomic E-state index is 12.8. The molecule has 1 aromatic carbocycles. The summed E-state index contributed by atoms with van der Waals surface area (Å²) in [7, 11) is 0. The van der Waals surface area contributed by atoms with Crippen molar-refractivity contribution < 1.29 is 18.3 Å². The lowest BCUT2D eigenvalue weighted by molar-refractivity contribution is -0.145. The second-order valence-electron chi connectivity index (χ2n) is 3.55. The fraction of sp³-hybridized carbons (Fsp3) is 0.364. The van der Waals surface area contributed by atoms with E-state index in [2.05, 4.69) is 5.32 Å². The first-order valence-electron chi connectivity index (χ1n) is 4.87. The van der Waals surface area contributed by atoms with E-state index in [1.165, 1.54) is 0 Å². The van der Waals surface area contributed by atoms with Crippen LogP contribution in [0.3, 0.4) is 0 Å². The first kappa shape index (κ1) is 12.4. The van der Waals surface area contributed by atoms with E-state index in [9.17, 15) is 13.6 Å². The minimum Gasteiger partial charge on any atom is -0.462 e. The number of anilines is 1. The molecule has 0 bridgehead atoms. The molecule has 1 aromatic rings. The summed E-state index contributed by atoms with van der Waals surface area (Å²) >= 11 is 0. The van der Waals surface area contributed by atoms with Crippen LogP contribution < -0.4 is 5.32 Å². The summed E-state index contributed by atoms with van der Waals surface area (Å²) in [4.78, 5) is 11.1. The average molecular weight is 229 g/mol. The summed E-state index contributed by atoms with van der Waals surface area (Å²) in [5.41, 5.74) is 0.207. The van der Waals surface area contributed by atoms with Crippen LogP contribution in [0.4, 0.5) is 14.5 Å². The van der Waals surface area contributed by atoms with Crippen LogP contribution in [0.15, 0.2) is 18.2 Å². The van der Waals surface area contributed by atoms with Gasteiger partial charge in [0.25, 0.3) is 0 Å². The third-order valence-corrected chi connectivity index (χ3v) is 1.67. The second-order valence-corrected chi connectivity index (χ2v) is 3.55. The molecule has 0 saturated carbocycles. The third kappa shape index (κ3) is 4.25. The van der Waals surface area contributed by atoms with Gasteiger partial charge >= 0.3 is 5.97 Å². The molecule has 0 fully saturated rings. The van der Waals surface area contributed by atoms with E-state index in [4.69, 9.17) is 4.74 Å². The Morgan fingerprint density at radius 2 is 1.88 bits per heavy atom. The molecule has 5 heteroatoms. The molecule has 0 unspecified atom stereocenters. The average Bonchev–Trinajstić information content (AvgIpc) is 2.12. The Balaban J connectivity index is 2.51. The molecule has 0 heterocycles. The predicted molar refractivity (Wildman–Crippen MR) is 56.1 cm³/mol. The highest BCUT2D eigenvalue weighted by Crippen LogP contribution is 2.12. The molecular weight excluding hydrogens is 216 g/mol. The second kappa shape index (κ2) is 5.44. The number of carbonyl (C=O) groups excluding carboxylic acids is 1. The number of nitrogens with one attached hydrogen (secondary N) is 1. The van der Waals surface area contributed by atoms with Gasteiger partial charge in [-0.25, -0.2) is 8.78 Å². The molecule has 0 aromatic heterocycles. The number of hydrogen-bond donors (Lipinski definition) is 1. The van der Waals surface area contributed by atoms with Crippen molar-refractivity contribution in [2.45, 2.75) is 20.0 Å². The number of halogens is 2. The standard InChI is InChI=1S/C11H13F2NO2/c1-7(2)16-11(15)6-14-10-4-8(12)3-9(13)5-10/h3-5,7,14H,6H2,1-2H3. The molecule has 3 nitrogen and oxygen atoms in total. The van der Waals surface area contributed by atoms with Crippen LogP contribution in [0.5, 0.6) is 0 Å². The van der Waals surface area contributed by atoms with Crippen molar-refractivity contribution in [2.24, 2.45) is 0 Å². The van der Waals surface area contributed by atoms with Gasteiger partial charge in [0, 0.05) is 11.8 Å². The predicted octanol–water partition coefficient (Wildman–Crippen LogP) is 2.33. The fourth-order valence-electron chi connectivity index (χ4n) is 1.13. The molecular formula is C11H13F2NO2. The van der Waals surface area contributed by atoms with E-state index in [-0.39, 0.29) is 18.3 Å². The van der Waals surface area contributed by atoms with Crippen molar-refractivity contribution in [3.05, 3.63) is 29.8 Å². The van der Waals surface area contributed by atoms with E-state index < -0.39 is 17.6 Å². The van der Waals surface area contributed by atoms with Gasteiger partial charge in [-0.2, -0.15) is 0 Å². The van der Waals surface area contributed by atoms with Gasteiger partial charge in [-0.15, -0.1) is 0 Å². The number of hydrogen-bond acceptors (Lipinski definition) is 3. The summed E-state index contributed by atoms with van der Waals surface area (Å²) < 4.78 is 30.4. The number of benzene rings is 1. The Morgan fingerprint density at radius 1 is 1.31 bits per heavy atom. The Bertz CT molecular complexity index is 360. The maximum Gasteiger partial charge on any atom is 0.325 e. The molecule has 0 aliphatic heterocycles. The molecule has 1 rings (SSSR count). The Hall–Kier alpha value is -1.65. The van der Waals surface area contributed by atoms with E-state index in [1.54, 1.807) is 13.8 Å². The van der Waals surface area contributed by atoms with Crippen LogP contribution in [0.2, 0.25) is 0 Å². The summed E-state index contributed by atoms with van der Waals surface area (Å²) in [5, 5.41) is 2.58. The minimum atomic E-state index is -0.695. The SMILES string of the molecule is CC(C)OC(=O)CNc1cc(F)cc(F)c1. The van der Waals surface area contributed by atoms with Crippen molar-refractivity contribution in [2.75, 3.05) is 11.9 Å². The zero-order chi connectivity index (χ0) is 12.1. The first-order valence-corrected chi connectivity index (χ1v) is 4.87. The Morgan fingerprint density at radius 3 is 2.38 bits per heavy atom. The first-order chi connectivity index (χ1) is 7.47. The fourth-order valence-corrected chi connectivity index (χ4v) is 1.13. The third-order valence-electron chi connectivity index (χ3n) is 1.67. The van der Waals surface area contributed by atoms with Gasteiger partial charge in [0.05, 0.1) is 6.10 Å². The number of esters is 1. The number of carbonyl (C=O) groups is 1. The van der Waals surface area contributed by atoms with Gasteiger partial charge in [-0.1, -0.05) is 0 Å². The van der Waals surface area contributed by atoms with Gasteiger partial charge < -0.3 is 10.1 Å². The smallest absolute Gasteiger partial charge is 0.325 e. The van der Waals surface area contributed by atoms with Gasteiger partial charge in [-0.05, 0) is 26.0 Å². The topological polar surface area (TPSA) is 38.3 Å².